The van der Waals surface area contributed by atoms with Crippen LogP contribution in [0.1, 0.15) is 0 Å². The zero-order valence-electron chi connectivity index (χ0n) is 36.3. The minimum atomic E-state index is 1.11. The predicted molar refractivity (Wildman–Crippen MR) is 282 cm³/mol. The molecule has 0 fully saturated rings. The van der Waals surface area contributed by atoms with Crippen molar-refractivity contribution in [1.82, 2.24) is 0 Å². The number of hydrogen-bond acceptors (Lipinski definition) is 2. The van der Waals surface area contributed by atoms with Gasteiger partial charge in [-0.15, -0.1) is 0 Å². The van der Waals surface area contributed by atoms with E-state index < -0.39 is 0 Å². The summed E-state index contributed by atoms with van der Waals surface area (Å²) in [4.78, 5) is 4.79. The highest BCUT2D eigenvalue weighted by Gasteiger charge is 2.18. The van der Waals surface area contributed by atoms with E-state index >= 15 is 0 Å². The molecule has 0 atom stereocenters. The Hall–Kier alpha value is -8.72. The van der Waals surface area contributed by atoms with E-state index in [0.717, 1.165) is 39.7 Å². The van der Waals surface area contributed by atoms with Crippen LogP contribution < -0.4 is 9.80 Å². The molecule has 2 nitrogen and oxygen atoms in total. The maximum atomic E-state index is 2.40. The summed E-state index contributed by atoms with van der Waals surface area (Å²) in [6.45, 7) is 0. The van der Waals surface area contributed by atoms with Gasteiger partial charge in [-0.3, -0.25) is 0 Å². The summed E-state index contributed by atoms with van der Waals surface area (Å²) in [6.07, 6.45) is 0. The molecule has 0 aliphatic heterocycles. The quantitative estimate of drug-likeness (QED) is 0.143. The summed E-state index contributed by atoms with van der Waals surface area (Å²) >= 11 is 0. The van der Waals surface area contributed by atoms with Crippen molar-refractivity contribution in [3.8, 4) is 33.4 Å². The number of benzene rings is 12. The van der Waals surface area contributed by atoms with Gasteiger partial charge in [0.05, 0.1) is 11.4 Å². The third-order valence-electron chi connectivity index (χ3n) is 13.0. The van der Waals surface area contributed by atoms with Crippen molar-refractivity contribution >= 4 is 77.2 Å². The Bertz CT molecular complexity index is 3730. The maximum Gasteiger partial charge on any atom is 0.0540 e. The first kappa shape index (κ1) is 38.9. The fourth-order valence-electron chi connectivity index (χ4n) is 9.68. The number of anilines is 6. The smallest absolute Gasteiger partial charge is 0.0540 e. The van der Waals surface area contributed by atoms with Gasteiger partial charge in [0, 0.05) is 33.5 Å². The van der Waals surface area contributed by atoms with Crippen LogP contribution in [0.2, 0.25) is 0 Å². The molecule has 12 aromatic carbocycles. The Morgan fingerprint density at radius 3 is 1.05 bits per heavy atom. The standard InChI is InChI=1S/C64H44N2/c1-3-18-54-42-59(38-34-45(54)14-1)65(63-30-12-20-48-16-5-7-28-61(48)63)57-36-32-47(33-37-57)50-22-9-23-51(40-50)52-24-10-25-53(41-52)56-26-11-27-58(44-56)66(60-39-35-46-15-2-4-19-55(46)43-60)64-31-13-21-49-17-6-8-29-62(49)64/h1-44H. The van der Waals surface area contributed by atoms with E-state index in [1.54, 1.807) is 0 Å². The molecule has 0 amide bonds. The molecule has 0 N–H and O–H groups in total. The second-order valence-corrected chi connectivity index (χ2v) is 17.0. The SMILES string of the molecule is c1cc(-c2ccc(N(c3ccc4ccccc4c3)c3cccc4ccccc34)cc2)cc(-c2cccc(-c3cccc(N(c4ccc5ccccc5c4)c4cccc5ccccc45)c3)c2)c1. The molecule has 2 heteroatoms. The van der Waals surface area contributed by atoms with E-state index in [-0.39, 0.29) is 0 Å². The molecule has 66 heavy (non-hydrogen) atoms. The van der Waals surface area contributed by atoms with Gasteiger partial charge >= 0.3 is 0 Å². The largest absolute Gasteiger partial charge is 0.310 e. The summed E-state index contributed by atoms with van der Waals surface area (Å²) in [5.41, 5.74) is 13.8. The van der Waals surface area contributed by atoms with Crippen LogP contribution in [-0.4, -0.2) is 0 Å². The van der Waals surface area contributed by atoms with E-state index in [0.29, 0.717) is 0 Å². The molecular weight excluding hydrogens is 797 g/mol. The lowest BCUT2D eigenvalue weighted by molar-refractivity contribution is 1.30. The fourth-order valence-corrected chi connectivity index (χ4v) is 9.68. The Morgan fingerprint density at radius 1 is 0.182 bits per heavy atom. The first-order valence-electron chi connectivity index (χ1n) is 22.7. The fraction of sp³-hybridized carbons (Fsp3) is 0. The van der Waals surface area contributed by atoms with Crippen LogP contribution in [0.3, 0.4) is 0 Å². The van der Waals surface area contributed by atoms with Crippen molar-refractivity contribution in [2.24, 2.45) is 0 Å². The molecule has 0 bridgehead atoms. The zero-order chi connectivity index (χ0) is 43.8. The van der Waals surface area contributed by atoms with Gasteiger partial charge in [-0.1, -0.05) is 194 Å². The molecule has 0 spiro atoms. The first-order valence-corrected chi connectivity index (χ1v) is 22.7. The summed E-state index contributed by atoms with van der Waals surface area (Å²) in [7, 11) is 0. The van der Waals surface area contributed by atoms with E-state index in [1.807, 2.05) is 0 Å². The Morgan fingerprint density at radius 2 is 0.530 bits per heavy atom. The predicted octanol–water partition coefficient (Wildman–Crippen LogP) is 18.2. The minimum Gasteiger partial charge on any atom is -0.310 e. The summed E-state index contributed by atoms with van der Waals surface area (Å²) in [6, 6.07) is 97.0. The number of hydrogen-bond donors (Lipinski definition) is 0. The lowest BCUT2D eigenvalue weighted by Crippen LogP contribution is -2.10. The van der Waals surface area contributed by atoms with Crippen LogP contribution >= 0.6 is 0 Å². The molecule has 0 radical (unpaired) electrons. The minimum absolute atomic E-state index is 1.11. The van der Waals surface area contributed by atoms with Gasteiger partial charge in [0.2, 0.25) is 0 Å². The van der Waals surface area contributed by atoms with E-state index in [9.17, 15) is 0 Å². The van der Waals surface area contributed by atoms with Gasteiger partial charge in [-0.2, -0.15) is 0 Å². The van der Waals surface area contributed by atoms with Gasteiger partial charge in [-0.05, 0) is 138 Å². The first-order chi connectivity index (χ1) is 32.7. The Kier molecular flexibility index (Phi) is 9.89. The van der Waals surface area contributed by atoms with Crippen LogP contribution in [0.5, 0.6) is 0 Å². The van der Waals surface area contributed by atoms with Gasteiger partial charge in [0.1, 0.15) is 0 Å². The Balaban J connectivity index is 0.885. The molecule has 12 aromatic rings. The lowest BCUT2D eigenvalue weighted by Gasteiger charge is -2.27. The summed E-state index contributed by atoms with van der Waals surface area (Å²) in [5, 5.41) is 9.75. The number of nitrogens with zero attached hydrogens (tertiary/aromatic N) is 2. The molecule has 12 rings (SSSR count). The van der Waals surface area contributed by atoms with Crippen molar-refractivity contribution in [1.29, 1.82) is 0 Å². The molecule has 0 saturated heterocycles. The van der Waals surface area contributed by atoms with Crippen molar-refractivity contribution in [2.75, 3.05) is 9.80 Å². The van der Waals surface area contributed by atoms with Gasteiger partial charge in [0.15, 0.2) is 0 Å². The molecule has 0 aliphatic carbocycles. The van der Waals surface area contributed by atoms with E-state index in [1.165, 1.54) is 70.9 Å². The third-order valence-corrected chi connectivity index (χ3v) is 13.0. The molecule has 0 heterocycles. The van der Waals surface area contributed by atoms with Crippen molar-refractivity contribution in [2.45, 2.75) is 0 Å². The normalized spacial score (nSPS) is 11.3. The van der Waals surface area contributed by atoms with Crippen molar-refractivity contribution in [3.63, 3.8) is 0 Å². The molecule has 0 aromatic heterocycles. The summed E-state index contributed by atoms with van der Waals surface area (Å²) < 4.78 is 0. The highest BCUT2D eigenvalue weighted by molar-refractivity contribution is 6.02. The molecule has 310 valence electrons. The number of fused-ring (bicyclic) bond motifs is 4. The van der Waals surface area contributed by atoms with Gasteiger partial charge in [-0.25, -0.2) is 0 Å². The topological polar surface area (TPSA) is 6.48 Å². The summed E-state index contributed by atoms with van der Waals surface area (Å²) in [5.74, 6) is 0. The van der Waals surface area contributed by atoms with Crippen LogP contribution in [0.25, 0.3) is 76.5 Å². The van der Waals surface area contributed by atoms with Gasteiger partial charge in [0.25, 0.3) is 0 Å². The third kappa shape index (κ3) is 7.31. The van der Waals surface area contributed by atoms with E-state index in [2.05, 4.69) is 277 Å². The average Bonchev–Trinajstić information content (AvgIpc) is 3.39. The number of rotatable bonds is 9. The molecular formula is C64H44N2. The van der Waals surface area contributed by atoms with Crippen molar-refractivity contribution < 1.29 is 0 Å². The average molecular weight is 841 g/mol. The molecule has 0 saturated carbocycles. The van der Waals surface area contributed by atoms with Crippen LogP contribution in [0.15, 0.2) is 267 Å². The van der Waals surface area contributed by atoms with Crippen LogP contribution in [0, 0.1) is 0 Å². The molecule has 0 unspecified atom stereocenters. The van der Waals surface area contributed by atoms with Crippen molar-refractivity contribution in [3.05, 3.63) is 267 Å². The lowest BCUT2D eigenvalue weighted by atomic mass is 9.95. The van der Waals surface area contributed by atoms with E-state index in [4.69, 9.17) is 0 Å². The second kappa shape index (κ2) is 16.8. The monoisotopic (exact) mass is 840 g/mol. The highest BCUT2D eigenvalue weighted by Crippen LogP contribution is 2.43. The zero-order valence-corrected chi connectivity index (χ0v) is 36.3. The second-order valence-electron chi connectivity index (χ2n) is 17.0. The van der Waals surface area contributed by atoms with Crippen LogP contribution in [-0.2, 0) is 0 Å². The maximum absolute atomic E-state index is 2.40. The van der Waals surface area contributed by atoms with Gasteiger partial charge < -0.3 is 9.80 Å². The highest BCUT2D eigenvalue weighted by atomic mass is 15.1. The molecule has 0 aliphatic rings. The Labute approximate surface area is 385 Å². The van der Waals surface area contributed by atoms with Crippen LogP contribution in [0.4, 0.5) is 34.1 Å².